The predicted octanol–water partition coefficient (Wildman–Crippen LogP) is -0.514. The zero-order valence-corrected chi connectivity index (χ0v) is 25.3. The molecular weight excluding hydrogens is 607 g/mol. The van der Waals surface area contributed by atoms with Gasteiger partial charge in [0.15, 0.2) is 18.9 Å². The third-order valence-electron chi connectivity index (χ3n) is 6.78. The van der Waals surface area contributed by atoms with Gasteiger partial charge in [-0.15, -0.1) is 0 Å². The van der Waals surface area contributed by atoms with Crippen molar-refractivity contribution >= 4 is 28.6 Å². The first-order valence-corrected chi connectivity index (χ1v) is 12.7. The van der Waals surface area contributed by atoms with Crippen LogP contribution < -0.4 is 48.3 Å². The van der Waals surface area contributed by atoms with Crippen molar-refractivity contribution in [2.45, 2.75) is 46.8 Å². The Kier molecular flexibility index (Phi) is 13.9. The fourth-order valence-corrected chi connectivity index (χ4v) is 4.67. The number of aromatic nitrogens is 1. The third-order valence-corrected chi connectivity index (χ3v) is 6.78. The molecule has 0 saturated heterocycles. The summed E-state index contributed by atoms with van der Waals surface area (Å²) in [5.74, 6) is 0. The van der Waals surface area contributed by atoms with E-state index in [1.165, 1.54) is 6.54 Å². The van der Waals surface area contributed by atoms with Gasteiger partial charge in [-0.3, -0.25) is 0 Å². The molecule has 204 valence electrons. The lowest BCUT2D eigenvalue weighted by Crippen LogP contribution is -3.11. The molecule has 1 heterocycles. The Labute approximate surface area is 240 Å². The number of nitrogens with zero attached hydrogens (tertiary/aromatic N) is 2. The molecule has 0 spiro atoms. The van der Waals surface area contributed by atoms with Crippen LogP contribution in [0, 0.1) is 0 Å². The number of nitrogens with one attached hydrogen (secondary N) is 1. The van der Waals surface area contributed by atoms with Crippen molar-refractivity contribution in [2.24, 2.45) is 0 Å². The van der Waals surface area contributed by atoms with Gasteiger partial charge in [0.05, 0.1) is 31.6 Å². The standard InChI is InChI=1S/C29H37F3N3.2BrH/c1-5-33(6-2)19-10-20-34-21-17-23(18-22-34)13-14-24-11-9-12-26-25(24)15-16-27(35(7-3)8-4)28(26)29(30,31)32;;/h9,11-18,21-22H,5-8,10,19-20H2,1-4H3;2*1H/q+1;;/p-1/b14-13+;;. The highest BCUT2D eigenvalue weighted by Crippen LogP contribution is 2.42. The molecule has 0 aliphatic carbocycles. The van der Waals surface area contributed by atoms with Gasteiger partial charge < -0.3 is 43.8 Å². The topological polar surface area (TPSA) is 11.6 Å². The van der Waals surface area contributed by atoms with E-state index in [9.17, 15) is 13.2 Å². The Morgan fingerprint density at radius 1 is 0.838 bits per heavy atom. The molecule has 1 N–H and O–H groups in total. The minimum absolute atomic E-state index is 0. The molecule has 37 heavy (non-hydrogen) atoms. The highest BCUT2D eigenvalue weighted by Gasteiger charge is 2.36. The van der Waals surface area contributed by atoms with Crippen molar-refractivity contribution in [3.63, 3.8) is 0 Å². The summed E-state index contributed by atoms with van der Waals surface area (Å²) >= 11 is 0. The van der Waals surface area contributed by atoms with E-state index in [-0.39, 0.29) is 45.0 Å². The molecule has 2 aromatic carbocycles. The van der Waals surface area contributed by atoms with Crippen LogP contribution in [0.5, 0.6) is 0 Å². The van der Waals surface area contributed by atoms with Crippen LogP contribution in [0.25, 0.3) is 22.9 Å². The molecule has 3 aromatic rings. The van der Waals surface area contributed by atoms with Crippen molar-refractivity contribution in [1.29, 1.82) is 0 Å². The van der Waals surface area contributed by atoms with Gasteiger partial charge in [0.1, 0.15) is 0 Å². The molecule has 3 nitrogen and oxygen atoms in total. The smallest absolute Gasteiger partial charge is 0.418 e. The van der Waals surface area contributed by atoms with Gasteiger partial charge in [0, 0.05) is 30.9 Å². The minimum Gasteiger partial charge on any atom is -1.00 e. The van der Waals surface area contributed by atoms with Crippen LogP contribution in [0.2, 0.25) is 0 Å². The van der Waals surface area contributed by atoms with Crippen molar-refractivity contribution in [3.05, 3.63) is 71.5 Å². The number of pyridine rings is 1. The second-order valence-electron chi connectivity index (χ2n) is 8.84. The lowest BCUT2D eigenvalue weighted by Gasteiger charge is -2.26. The van der Waals surface area contributed by atoms with Crippen LogP contribution in [0.1, 0.15) is 50.8 Å². The second kappa shape index (κ2) is 15.5. The molecule has 0 aliphatic rings. The maximum atomic E-state index is 14.2. The van der Waals surface area contributed by atoms with E-state index in [1.807, 2.05) is 50.3 Å². The molecule has 0 radical (unpaired) electrons. The normalized spacial score (nSPS) is 11.6. The van der Waals surface area contributed by atoms with Crippen LogP contribution >= 0.6 is 0 Å². The third kappa shape index (κ3) is 8.55. The first-order valence-electron chi connectivity index (χ1n) is 12.7. The van der Waals surface area contributed by atoms with E-state index in [1.54, 1.807) is 28.0 Å². The largest absolute Gasteiger partial charge is 1.00 e. The summed E-state index contributed by atoms with van der Waals surface area (Å²) in [4.78, 5) is 3.37. The Bertz CT molecular complexity index is 1120. The molecule has 0 aliphatic heterocycles. The number of aryl methyl sites for hydroxylation is 1. The summed E-state index contributed by atoms with van der Waals surface area (Å²) in [6.07, 6.45) is 4.70. The summed E-state index contributed by atoms with van der Waals surface area (Å²) in [6, 6.07) is 12.7. The number of benzene rings is 2. The molecule has 0 amide bonds. The Morgan fingerprint density at radius 2 is 1.49 bits per heavy atom. The van der Waals surface area contributed by atoms with Gasteiger partial charge >= 0.3 is 6.18 Å². The highest BCUT2D eigenvalue weighted by atomic mass is 79.9. The Morgan fingerprint density at radius 3 is 2.05 bits per heavy atom. The number of anilines is 1. The number of hydrogen-bond donors (Lipinski definition) is 1. The zero-order chi connectivity index (χ0) is 25.4. The average Bonchev–Trinajstić information content (AvgIpc) is 2.85. The van der Waals surface area contributed by atoms with E-state index in [0.717, 1.165) is 37.2 Å². The minimum atomic E-state index is -4.43. The van der Waals surface area contributed by atoms with E-state index in [2.05, 4.69) is 30.8 Å². The van der Waals surface area contributed by atoms with E-state index in [0.29, 0.717) is 18.5 Å². The van der Waals surface area contributed by atoms with Crippen molar-refractivity contribution in [1.82, 2.24) is 0 Å². The van der Waals surface area contributed by atoms with Crippen LogP contribution in [0.15, 0.2) is 54.9 Å². The van der Waals surface area contributed by atoms with Gasteiger partial charge in [-0.05, 0) is 55.7 Å². The summed E-state index contributed by atoms with van der Waals surface area (Å²) in [5, 5.41) is 0.849. The van der Waals surface area contributed by atoms with Gasteiger partial charge in [0.25, 0.3) is 0 Å². The predicted molar refractivity (Wildman–Crippen MR) is 140 cm³/mol. The van der Waals surface area contributed by atoms with Crippen molar-refractivity contribution in [2.75, 3.05) is 37.6 Å². The van der Waals surface area contributed by atoms with Crippen LogP contribution in [0.4, 0.5) is 18.9 Å². The lowest BCUT2D eigenvalue weighted by atomic mass is 9.97. The van der Waals surface area contributed by atoms with Crippen LogP contribution in [-0.4, -0.2) is 32.7 Å². The Balaban J connectivity index is 0.00000342. The number of halogens is 5. The first kappa shape index (κ1) is 33.1. The van der Waals surface area contributed by atoms with E-state index >= 15 is 0 Å². The molecule has 0 saturated carbocycles. The van der Waals surface area contributed by atoms with E-state index < -0.39 is 11.7 Å². The number of rotatable bonds is 11. The van der Waals surface area contributed by atoms with Crippen LogP contribution in [-0.2, 0) is 12.7 Å². The number of fused-ring (bicyclic) bond motifs is 1. The quantitative estimate of drug-likeness (QED) is 0.277. The SMILES string of the molecule is CCN(CC)c1ccc2c(/C=C/c3cc[n+](CCC[NH+](CC)CC)cc3)cccc2c1C(F)(F)F.[Br-].[Br-]. The Hall–Kier alpha value is -1.90. The first-order chi connectivity index (χ1) is 16.8. The zero-order valence-electron chi connectivity index (χ0n) is 22.1. The molecule has 0 atom stereocenters. The fourth-order valence-electron chi connectivity index (χ4n) is 4.67. The van der Waals surface area contributed by atoms with Gasteiger partial charge in [0.2, 0.25) is 0 Å². The summed E-state index contributed by atoms with van der Waals surface area (Å²) in [6.45, 7) is 13.7. The maximum Gasteiger partial charge on any atom is 0.418 e. The molecule has 1 aromatic heterocycles. The van der Waals surface area contributed by atoms with Crippen molar-refractivity contribution < 1.29 is 56.6 Å². The number of quaternary nitrogens is 1. The molecule has 0 fully saturated rings. The van der Waals surface area contributed by atoms with E-state index in [4.69, 9.17) is 0 Å². The van der Waals surface area contributed by atoms with Gasteiger partial charge in [-0.25, -0.2) is 4.57 Å². The average molecular weight is 645 g/mol. The summed E-state index contributed by atoms with van der Waals surface area (Å²) in [7, 11) is 0. The molecule has 0 unspecified atom stereocenters. The monoisotopic (exact) mass is 643 g/mol. The van der Waals surface area contributed by atoms with Gasteiger partial charge in [-0.1, -0.05) is 36.4 Å². The summed E-state index contributed by atoms with van der Waals surface area (Å²) in [5.41, 5.74) is 1.48. The number of hydrogen-bond acceptors (Lipinski definition) is 1. The van der Waals surface area contributed by atoms with Crippen molar-refractivity contribution in [3.8, 4) is 0 Å². The molecule has 8 heteroatoms. The second-order valence-corrected chi connectivity index (χ2v) is 8.84. The van der Waals surface area contributed by atoms with Gasteiger partial charge in [-0.2, -0.15) is 13.2 Å². The highest BCUT2D eigenvalue weighted by molar-refractivity contribution is 5.97. The van der Waals surface area contributed by atoms with Crippen LogP contribution in [0.3, 0.4) is 0 Å². The summed E-state index contributed by atoms with van der Waals surface area (Å²) < 4.78 is 44.7. The lowest BCUT2D eigenvalue weighted by molar-refractivity contribution is -0.898. The molecule has 3 rings (SSSR count). The maximum absolute atomic E-state index is 14.2. The fraction of sp³-hybridized carbons (Fsp3) is 0.414. The number of alkyl halides is 3. The molecular formula is C29H38Br2F3N3. The molecule has 0 bridgehead atoms.